The summed E-state index contributed by atoms with van der Waals surface area (Å²) >= 11 is 0. The van der Waals surface area contributed by atoms with E-state index in [2.05, 4.69) is 13.8 Å². The number of carboxylic acid groups (broad SMARTS) is 2. The van der Waals surface area contributed by atoms with E-state index in [0.29, 0.717) is 17.5 Å². The minimum Gasteiger partial charge on any atom is -0.478 e. The van der Waals surface area contributed by atoms with Crippen molar-refractivity contribution in [2.24, 2.45) is 0 Å². The number of hydrogen-bond acceptors (Lipinski definition) is 4. The number of aromatic carboxylic acids is 2. The molecule has 6 heteroatoms. The van der Waals surface area contributed by atoms with Crippen LogP contribution in [-0.4, -0.2) is 44.6 Å². The van der Waals surface area contributed by atoms with Crippen molar-refractivity contribution >= 4 is 11.9 Å². The molecule has 0 heterocycles. The Kier molecular flexibility index (Phi) is 19.8. The number of carboxylic acids is 2. The third-order valence-electron chi connectivity index (χ3n) is 5.83. The smallest absolute Gasteiger partial charge is 0.335 e. The van der Waals surface area contributed by atoms with E-state index in [4.69, 9.17) is 10.2 Å². The lowest BCUT2D eigenvalue weighted by Crippen LogP contribution is -2.16. The van der Waals surface area contributed by atoms with Crippen LogP contribution in [0.2, 0.25) is 0 Å². The van der Waals surface area contributed by atoms with Crippen LogP contribution in [0.5, 0.6) is 0 Å². The summed E-state index contributed by atoms with van der Waals surface area (Å²) in [5.41, 5.74) is 3.15. The van der Waals surface area contributed by atoms with Gasteiger partial charge >= 0.3 is 11.9 Å². The van der Waals surface area contributed by atoms with E-state index in [-0.39, 0.29) is 12.2 Å². The molecule has 0 aliphatic rings. The summed E-state index contributed by atoms with van der Waals surface area (Å²) in [4.78, 5) is 21.1. The maximum absolute atomic E-state index is 10.5. The fraction of sp³-hybridized carbons (Fsp3) is 0.548. The quantitative estimate of drug-likeness (QED) is 0.212. The van der Waals surface area contributed by atoms with Gasteiger partial charge in [-0.1, -0.05) is 77.6 Å². The third kappa shape index (κ3) is 17.4. The maximum Gasteiger partial charge on any atom is 0.335 e. The second kappa shape index (κ2) is 21.4. The van der Waals surface area contributed by atoms with Crippen LogP contribution in [0.4, 0.5) is 0 Å². The topological polar surface area (TPSA) is 115 Å². The second-order valence-electron chi connectivity index (χ2n) is 9.33. The van der Waals surface area contributed by atoms with Crippen LogP contribution in [-0.2, 0) is 12.8 Å². The summed E-state index contributed by atoms with van der Waals surface area (Å²) in [5.74, 6) is -1.72. The number of aliphatic hydroxyl groups excluding tert-OH is 2. The van der Waals surface area contributed by atoms with Crippen molar-refractivity contribution in [2.45, 2.75) is 111 Å². The van der Waals surface area contributed by atoms with Crippen molar-refractivity contribution in [3.8, 4) is 0 Å². The molecular weight excluding hydrogens is 468 g/mol. The summed E-state index contributed by atoms with van der Waals surface area (Å²) in [5, 5.41) is 35.9. The molecule has 2 aromatic rings. The summed E-state index contributed by atoms with van der Waals surface area (Å²) in [6, 6.07) is 14.2. The number of carbonyl (C=O) groups is 2. The number of hydrogen-bond donors (Lipinski definition) is 4. The van der Waals surface area contributed by atoms with Crippen molar-refractivity contribution in [3.63, 3.8) is 0 Å². The van der Waals surface area contributed by atoms with Gasteiger partial charge in [-0.25, -0.2) is 9.59 Å². The highest BCUT2D eigenvalue weighted by molar-refractivity contribution is 5.87. The lowest BCUT2D eigenvalue weighted by atomic mass is 10.0. The molecule has 0 saturated heterocycles. The van der Waals surface area contributed by atoms with Crippen molar-refractivity contribution in [1.82, 2.24) is 0 Å². The van der Waals surface area contributed by atoms with Crippen LogP contribution in [0.1, 0.15) is 117 Å². The first-order chi connectivity index (χ1) is 17.7. The van der Waals surface area contributed by atoms with Gasteiger partial charge < -0.3 is 20.4 Å². The van der Waals surface area contributed by atoms with Gasteiger partial charge in [0.1, 0.15) is 0 Å². The van der Waals surface area contributed by atoms with Crippen LogP contribution in [0.3, 0.4) is 0 Å². The largest absolute Gasteiger partial charge is 0.478 e. The van der Waals surface area contributed by atoms with E-state index in [1.807, 2.05) is 38.1 Å². The molecule has 0 aliphatic carbocycles. The van der Waals surface area contributed by atoms with E-state index in [0.717, 1.165) is 51.4 Å². The fourth-order valence-electron chi connectivity index (χ4n) is 3.61. The normalized spacial score (nSPS) is 11.8. The first-order valence-electron chi connectivity index (χ1n) is 13.7. The molecule has 0 spiro atoms. The monoisotopic (exact) mass is 516 g/mol. The summed E-state index contributed by atoms with van der Waals surface area (Å²) < 4.78 is 0. The molecule has 208 valence electrons. The van der Waals surface area contributed by atoms with Gasteiger partial charge in [-0.15, -0.1) is 0 Å². The fourth-order valence-corrected chi connectivity index (χ4v) is 3.61. The van der Waals surface area contributed by atoms with Gasteiger partial charge in [0.2, 0.25) is 0 Å². The molecule has 6 nitrogen and oxygen atoms in total. The average Bonchev–Trinajstić information content (AvgIpc) is 2.87. The van der Waals surface area contributed by atoms with Crippen molar-refractivity contribution in [3.05, 3.63) is 70.8 Å². The number of aryl methyl sites for hydroxylation is 2. The third-order valence-corrected chi connectivity index (χ3v) is 5.83. The molecule has 2 atom stereocenters. The SMILES string of the molecule is CCCC(O)CC(O)CCC.CCCCc1ccc(C(=O)O)cc1.CCCCc1ccc(C(=O)O)cc1. The summed E-state index contributed by atoms with van der Waals surface area (Å²) in [6.45, 7) is 8.36. The molecule has 0 fully saturated rings. The van der Waals surface area contributed by atoms with Gasteiger partial charge in [-0.05, 0) is 80.3 Å². The van der Waals surface area contributed by atoms with Gasteiger partial charge in [-0.2, -0.15) is 0 Å². The van der Waals surface area contributed by atoms with Crippen LogP contribution in [0, 0.1) is 0 Å². The van der Waals surface area contributed by atoms with Crippen molar-refractivity contribution in [1.29, 1.82) is 0 Å². The molecule has 0 saturated carbocycles. The molecule has 0 bridgehead atoms. The molecule has 2 aromatic carbocycles. The van der Waals surface area contributed by atoms with E-state index in [1.165, 1.54) is 24.0 Å². The second-order valence-corrected chi connectivity index (χ2v) is 9.33. The molecule has 0 aromatic heterocycles. The Morgan fingerprint density at radius 1 is 0.595 bits per heavy atom. The Balaban J connectivity index is 0.000000528. The van der Waals surface area contributed by atoms with Crippen LogP contribution >= 0.6 is 0 Å². The minimum absolute atomic E-state index is 0.304. The predicted molar refractivity (Wildman–Crippen MR) is 150 cm³/mol. The van der Waals surface area contributed by atoms with Crippen LogP contribution in [0.15, 0.2) is 48.5 Å². The number of benzene rings is 2. The lowest BCUT2D eigenvalue weighted by molar-refractivity contribution is 0.0686. The molecule has 2 rings (SSSR count). The Hall–Kier alpha value is -2.70. The molecule has 0 aliphatic heterocycles. The molecule has 2 unspecified atom stereocenters. The highest BCUT2D eigenvalue weighted by Gasteiger charge is 2.09. The van der Waals surface area contributed by atoms with Gasteiger partial charge in [0.25, 0.3) is 0 Å². The average molecular weight is 517 g/mol. The molecule has 0 amide bonds. The first kappa shape index (κ1) is 34.3. The zero-order valence-electron chi connectivity index (χ0n) is 23.2. The van der Waals surface area contributed by atoms with Crippen LogP contribution < -0.4 is 0 Å². The first-order valence-corrected chi connectivity index (χ1v) is 13.7. The van der Waals surface area contributed by atoms with E-state index < -0.39 is 11.9 Å². The van der Waals surface area contributed by atoms with Crippen LogP contribution in [0.25, 0.3) is 0 Å². The highest BCUT2D eigenvalue weighted by Crippen LogP contribution is 2.10. The van der Waals surface area contributed by atoms with E-state index >= 15 is 0 Å². The Bertz CT molecular complexity index is 774. The Morgan fingerprint density at radius 2 is 0.919 bits per heavy atom. The number of unbranched alkanes of at least 4 members (excludes halogenated alkanes) is 2. The van der Waals surface area contributed by atoms with Crippen molar-refractivity contribution < 1.29 is 30.0 Å². The minimum atomic E-state index is -0.859. The number of rotatable bonds is 14. The molecule has 4 N–H and O–H groups in total. The standard InChI is InChI=1S/2C11H14O2.C9H20O2/c2*1-2-3-4-9-5-7-10(8-6-9)11(12)13;1-3-5-8(10)7-9(11)6-4-2/h2*5-8H,2-4H2,1H3,(H,12,13);8-11H,3-7H2,1-2H3. The van der Waals surface area contributed by atoms with Gasteiger partial charge in [0, 0.05) is 0 Å². The summed E-state index contributed by atoms with van der Waals surface area (Å²) in [6.07, 6.45) is 10.2. The van der Waals surface area contributed by atoms with Crippen molar-refractivity contribution in [2.75, 3.05) is 0 Å². The van der Waals surface area contributed by atoms with Gasteiger partial charge in [0.15, 0.2) is 0 Å². The lowest BCUT2D eigenvalue weighted by Gasteiger charge is -2.13. The zero-order chi connectivity index (χ0) is 28.1. The Morgan fingerprint density at radius 3 is 1.16 bits per heavy atom. The number of aliphatic hydroxyl groups is 2. The van der Waals surface area contributed by atoms with Gasteiger partial charge in [0.05, 0.1) is 23.3 Å². The highest BCUT2D eigenvalue weighted by atomic mass is 16.4. The maximum atomic E-state index is 10.5. The zero-order valence-corrected chi connectivity index (χ0v) is 23.2. The predicted octanol–water partition coefficient (Wildman–Crippen LogP) is 7.15. The Labute approximate surface area is 223 Å². The van der Waals surface area contributed by atoms with E-state index in [9.17, 15) is 19.8 Å². The molecule has 37 heavy (non-hydrogen) atoms. The summed E-state index contributed by atoms with van der Waals surface area (Å²) in [7, 11) is 0. The van der Waals surface area contributed by atoms with E-state index in [1.54, 1.807) is 24.3 Å². The molecule has 0 radical (unpaired) electrons. The van der Waals surface area contributed by atoms with Gasteiger partial charge in [-0.3, -0.25) is 0 Å². The molecular formula is C31H48O6.